The molecule has 0 spiro atoms. The number of nitrogens with one attached hydrogen (secondary N) is 1. The molecule has 0 heterocycles. The van der Waals surface area contributed by atoms with Crippen LogP contribution in [0.5, 0.6) is 0 Å². The van der Waals surface area contributed by atoms with Crippen LogP contribution in [0.25, 0.3) is 0 Å². The molecule has 18 heavy (non-hydrogen) atoms. The molecule has 100 valence electrons. The number of nitrogens with two attached hydrogens (primary N) is 1. The second kappa shape index (κ2) is 6.93. The van der Waals surface area contributed by atoms with Crippen LogP contribution in [0, 0.1) is 17.6 Å². The Bertz CT molecular complexity index is 417. The highest BCUT2D eigenvalue weighted by molar-refractivity contribution is 5.77. The maximum atomic E-state index is 13.3. The monoisotopic (exact) mass is 255 g/mol. The summed E-state index contributed by atoms with van der Waals surface area (Å²) >= 11 is 0. The number of guanidine groups is 1. The van der Waals surface area contributed by atoms with Gasteiger partial charge in [0, 0.05) is 12.1 Å². The van der Waals surface area contributed by atoms with Gasteiger partial charge in [0.15, 0.2) is 5.96 Å². The molecule has 0 saturated carbocycles. The number of nitrogens with zero attached hydrogens (tertiary/aromatic N) is 1. The summed E-state index contributed by atoms with van der Waals surface area (Å²) < 4.78 is 26.2. The minimum absolute atomic E-state index is 0.0319. The minimum Gasteiger partial charge on any atom is -0.370 e. The van der Waals surface area contributed by atoms with Gasteiger partial charge >= 0.3 is 0 Å². The lowest BCUT2D eigenvalue weighted by Crippen LogP contribution is -2.32. The molecule has 0 atom stereocenters. The zero-order valence-electron chi connectivity index (χ0n) is 10.7. The van der Waals surface area contributed by atoms with Gasteiger partial charge in [-0.1, -0.05) is 13.8 Å². The molecule has 0 radical (unpaired) electrons. The van der Waals surface area contributed by atoms with E-state index in [1.807, 2.05) is 0 Å². The third kappa shape index (κ3) is 5.12. The molecule has 0 bridgehead atoms. The van der Waals surface area contributed by atoms with Crippen molar-refractivity contribution in [1.82, 2.24) is 5.32 Å². The lowest BCUT2D eigenvalue weighted by atomic mass is 10.1. The van der Waals surface area contributed by atoms with Gasteiger partial charge in [-0.15, -0.1) is 0 Å². The SMILES string of the molecule is CC(C)CCNC(N)=NCc1cc(F)ccc1F. The molecule has 1 aromatic carbocycles. The molecule has 5 heteroatoms. The summed E-state index contributed by atoms with van der Waals surface area (Å²) in [5.74, 6) is -0.131. The van der Waals surface area contributed by atoms with Crippen molar-refractivity contribution in [1.29, 1.82) is 0 Å². The molecule has 3 nitrogen and oxygen atoms in total. The average Bonchev–Trinajstić information content (AvgIpc) is 2.30. The van der Waals surface area contributed by atoms with Crippen LogP contribution < -0.4 is 11.1 Å². The number of hydrogen-bond acceptors (Lipinski definition) is 1. The molecule has 3 N–H and O–H groups in total. The van der Waals surface area contributed by atoms with Gasteiger partial charge in [-0.3, -0.25) is 0 Å². The summed E-state index contributed by atoms with van der Waals surface area (Å²) in [6.07, 6.45) is 0.977. The Hall–Kier alpha value is -1.65. The fourth-order valence-electron chi connectivity index (χ4n) is 1.38. The summed E-state index contributed by atoms with van der Waals surface area (Å²) in [7, 11) is 0. The normalized spacial score (nSPS) is 11.9. The predicted molar refractivity (Wildman–Crippen MR) is 69.1 cm³/mol. The lowest BCUT2D eigenvalue weighted by Gasteiger charge is -2.07. The van der Waals surface area contributed by atoms with E-state index in [2.05, 4.69) is 24.2 Å². The Morgan fingerprint density at radius 2 is 2.11 bits per heavy atom. The molecule has 1 rings (SSSR count). The standard InChI is InChI=1S/C13H19F2N3/c1-9(2)5-6-17-13(16)18-8-10-7-11(14)3-4-12(10)15/h3-4,7,9H,5-6,8H2,1-2H3,(H3,16,17,18). The highest BCUT2D eigenvalue weighted by Crippen LogP contribution is 2.10. The van der Waals surface area contributed by atoms with Crippen molar-refractivity contribution in [3.8, 4) is 0 Å². The van der Waals surface area contributed by atoms with Crippen LogP contribution in [-0.4, -0.2) is 12.5 Å². The largest absolute Gasteiger partial charge is 0.370 e. The number of benzene rings is 1. The highest BCUT2D eigenvalue weighted by Gasteiger charge is 2.03. The second-order valence-corrected chi connectivity index (χ2v) is 4.55. The maximum Gasteiger partial charge on any atom is 0.188 e. The van der Waals surface area contributed by atoms with Crippen LogP contribution in [0.4, 0.5) is 8.78 Å². The molecular weight excluding hydrogens is 236 g/mol. The summed E-state index contributed by atoms with van der Waals surface area (Å²) in [5, 5.41) is 2.93. The molecule has 0 aliphatic rings. The van der Waals surface area contributed by atoms with E-state index in [9.17, 15) is 8.78 Å². The van der Waals surface area contributed by atoms with Gasteiger partial charge < -0.3 is 11.1 Å². The molecule has 0 saturated heterocycles. The number of rotatable bonds is 5. The molecule has 0 aliphatic heterocycles. The van der Waals surface area contributed by atoms with Gasteiger partial charge in [0.1, 0.15) is 11.6 Å². The Morgan fingerprint density at radius 1 is 1.39 bits per heavy atom. The number of hydrogen-bond donors (Lipinski definition) is 2. The number of halogens is 2. The Balaban J connectivity index is 2.49. The van der Waals surface area contributed by atoms with Crippen molar-refractivity contribution in [2.24, 2.45) is 16.6 Å². The predicted octanol–water partition coefficient (Wildman–Crippen LogP) is 2.42. The van der Waals surface area contributed by atoms with Crippen molar-refractivity contribution in [3.05, 3.63) is 35.4 Å². The van der Waals surface area contributed by atoms with E-state index < -0.39 is 11.6 Å². The summed E-state index contributed by atoms with van der Waals surface area (Å²) in [5.41, 5.74) is 5.82. The van der Waals surface area contributed by atoms with E-state index in [1.54, 1.807) is 0 Å². The zero-order chi connectivity index (χ0) is 13.5. The lowest BCUT2D eigenvalue weighted by molar-refractivity contribution is 0.575. The Morgan fingerprint density at radius 3 is 2.78 bits per heavy atom. The highest BCUT2D eigenvalue weighted by atomic mass is 19.1. The molecular formula is C13H19F2N3. The van der Waals surface area contributed by atoms with Crippen LogP contribution in [-0.2, 0) is 6.54 Å². The van der Waals surface area contributed by atoms with E-state index in [1.165, 1.54) is 0 Å². The van der Waals surface area contributed by atoms with E-state index >= 15 is 0 Å². The first-order valence-corrected chi connectivity index (χ1v) is 5.96. The quantitative estimate of drug-likeness (QED) is 0.627. The van der Waals surface area contributed by atoms with Crippen molar-refractivity contribution >= 4 is 5.96 Å². The van der Waals surface area contributed by atoms with Gasteiger partial charge in [-0.25, -0.2) is 13.8 Å². The fraction of sp³-hybridized carbons (Fsp3) is 0.462. The first-order valence-electron chi connectivity index (χ1n) is 5.96. The van der Waals surface area contributed by atoms with Crippen LogP contribution in [0.15, 0.2) is 23.2 Å². The number of aliphatic imine (C=N–C) groups is 1. The Labute approximate surface area is 106 Å². The maximum absolute atomic E-state index is 13.3. The van der Waals surface area contributed by atoms with Gasteiger partial charge in [0.25, 0.3) is 0 Å². The molecule has 1 aromatic rings. The molecule has 0 aliphatic carbocycles. The van der Waals surface area contributed by atoms with E-state index in [0.29, 0.717) is 5.92 Å². The van der Waals surface area contributed by atoms with E-state index in [-0.39, 0.29) is 18.1 Å². The molecule has 0 aromatic heterocycles. The van der Waals surface area contributed by atoms with Gasteiger partial charge in [0.2, 0.25) is 0 Å². The van der Waals surface area contributed by atoms with Crippen LogP contribution >= 0.6 is 0 Å². The smallest absolute Gasteiger partial charge is 0.188 e. The van der Waals surface area contributed by atoms with Gasteiger partial charge in [0.05, 0.1) is 6.54 Å². The van der Waals surface area contributed by atoms with Crippen molar-refractivity contribution < 1.29 is 8.78 Å². The molecule has 0 amide bonds. The van der Waals surface area contributed by atoms with Crippen molar-refractivity contribution in [3.63, 3.8) is 0 Å². The van der Waals surface area contributed by atoms with Crippen LogP contribution in [0.2, 0.25) is 0 Å². The van der Waals surface area contributed by atoms with Gasteiger partial charge in [-0.05, 0) is 30.5 Å². The van der Waals surface area contributed by atoms with Crippen molar-refractivity contribution in [2.75, 3.05) is 6.54 Å². The van der Waals surface area contributed by atoms with E-state index in [4.69, 9.17) is 5.73 Å². The van der Waals surface area contributed by atoms with Gasteiger partial charge in [-0.2, -0.15) is 0 Å². The third-order valence-electron chi connectivity index (χ3n) is 2.46. The third-order valence-corrected chi connectivity index (χ3v) is 2.46. The summed E-state index contributed by atoms with van der Waals surface area (Å²) in [4.78, 5) is 3.97. The van der Waals surface area contributed by atoms with Crippen molar-refractivity contribution in [2.45, 2.75) is 26.8 Å². The van der Waals surface area contributed by atoms with E-state index in [0.717, 1.165) is 31.2 Å². The minimum atomic E-state index is -0.479. The molecule has 0 fully saturated rings. The topological polar surface area (TPSA) is 50.4 Å². The first-order chi connectivity index (χ1) is 8.49. The van der Waals surface area contributed by atoms with Crippen LogP contribution in [0.3, 0.4) is 0 Å². The second-order valence-electron chi connectivity index (χ2n) is 4.55. The van der Waals surface area contributed by atoms with Crippen LogP contribution in [0.1, 0.15) is 25.8 Å². The summed E-state index contributed by atoms with van der Waals surface area (Å²) in [6, 6.07) is 3.29. The average molecular weight is 255 g/mol. The zero-order valence-corrected chi connectivity index (χ0v) is 10.7. The first kappa shape index (κ1) is 14.4. The summed E-state index contributed by atoms with van der Waals surface area (Å²) in [6.45, 7) is 4.97. The Kier molecular flexibility index (Phi) is 5.55. The molecule has 0 unspecified atom stereocenters. The fourth-order valence-corrected chi connectivity index (χ4v) is 1.38.